The van der Waals surface area contributed by atoms with E-state index in [0.29, 0.717) is 12.1 Å². The van der Waals surface area contributed by atoms with Gasteiger partial charge in [0.2, 0.25) is 0 Å². The van der Waals surface area contributed by atoms with Crippen molar-refractivity contribution in [2.24, 2.45) is 0 Å². The topological polar surface area (TPSA) is 29.1 Å². The third-order valence-corrected chi connectivity index (χ3v) is 3.89. The highest BCUT2D eigenvalue weighted by molar-refractivity contribution is 9.10. The fourth-order valence-electron chi connectivity index (χ4n) is 1.74. The van der Waals surface area contributed by atoms with Crippen molar-refractivity contribution in [1.82, 2.24) is 5.32 Å². The van der Waals surface area contributed by atoms with Gasteiger partial charge < -0.3 is 5.32 Å². The Morgan fingerprint density at radius 3 is 2.68 bits per heavy atom. The van der Waals surface area contributed by atoms with E-state index in [-0.39, 0.29) is 5.91 Å². The van der Waals surface area contributed by atoms with Crippen LogP contribution in [0.25, 0.3) is 0 Å². The Morgan fingerprint density at radius 1 is 1.16 bits per heavy atom. The summed E-state index contributed by atoms with van der Waals surface area (Å²) < 4.78 is 1.82. The summed E-state index contributed by atoms with van der Waals surface area (Å²) in [5.41, 5.74) is 2.79. The number of nitrogens with one attached hydrogen (secondary N) is 1. The first-order chi connectivity index (χ1) is 9.06. The lowest BCUT2D eigenvalue weighted by molar-refractivity contribution is 0.0950. The quantitative estimate of drug-likeness (QED) is 0.834. The zero-order valence-electron chi connectivity index (χ0n) is 10.4. The van der Waals surface area contributed by atoms with Gasteiger partial charge >= 0.3 is 0 Å². The number of aryl methyl sites for hydroxylation is 1. The first-order valence-corrected chi connectivity index (χ1v) is 7.43. The summed E-state index contributed by atoms with van der Waals surface area (Å²) in [6, 6.07) is 13.6. The van der Waals surface area contributed by atoms with Gasteiger partial charge in [-0.15, -0.1) is 0 Å². The molecule has 2 aromatic rings. The minimum absolute atomic E-state index is 0.0736. The molecule has 0 aromatic heterocycles. The molecule has 0 bridgehead atoms. The van der Waals surface area contributed by atoms with Gasteiger partial charge in [-0.25, -0.2) is 0 Å². The van der Waals surface area contributed by atoms with Gasteiger partial charge in [-0.1, -0.05) is 39.7 Å². The number of hydrogen-bond donors (Lipinski definition) is 1. The Kier molecular flexibility index (Phi) is 4.77. The summed E-state index contributed by atoms with van der Waals surface area (Å²) in [6.07, 6.45) is 0. The molecule has 0 radical (unpaired) electrons. The van der Waals surface area contributed by atoms with E-state index in [4.69, 9.17) is 0 Å². The minimum atomic E-state index is -0.0736. The maximum atomic E-state index is 12.1. The van der Waals surface area contributed by atoms with Crippen LogP contribution >= 0.6 is 31.9 Å². The molecule has 0 saturated heterocycles. The third-order valence-electron chi connectivity index (χ3n) is 2.71. The molecule has 0 fully saturated rings. The zero-order valence-corrected chi connectivity index (χ0v) is 13.6. The molecule has 0 saturated carbocycles. The summed E-state index contributed by atoms with van der Waals surface area (Å²) in [6.45, 7) is 2.48. The van der Waals surface area contributed by atoms with E-state index in [0.717, 1.165) is 20.1 Å². The van der Waals surface area contributed by atoms with Crippen molar-refractivity contribution in [3.05, 3.63) is 68.1 Å². The second-order valence-electron chi connectivity index (χ2n) is 4.30. The van der Waals surface area contributed by atoms with Crippen LogP contribution in [-0.2, 0) is 6.54 Å². The minimum Gasteiger partial charge on any atom is -0.348 e. The number of hydrogen-bond acceptors (Lipinski definition) is 1. The van der Waals surface area contributed by atoms with Gasteiger partial charge in [-0.05, 0) is 52.7 Å². The van der Waals surface area contributed by atoms with Crippen molar-refractivity contribution in [3.63, 3.8) is 0 Å². The molecule has 0 unspecified atom stereocenters. The standard InChI is InChI=1S/C15H13Br2NO/c1-10-5-6-14(17)13(7-10)15(19)18-9-11-3-2-4-12(16)8-11/h2-8H,9H2,1H3,(H,18,19). The van der Waals surface area contributed by atoms with Gasteiger partial charge in [-0.2, -0.15) is 0 Å². The van der Waals surface area contributed by atoms with Crippen LogP contribution in [0.2, 0.25) is 0 Å². The maximum absolute atomic E-state index is 12.1. The summed E-state index contributed by atoms with van der Waals surface area (Å²) >= 11 is 6.82. The van der Waals surface area contributed by atoms with E-state index in [1.807, 2.05) is 49.4 Å². The van der Waals surface area contributed by atoms with Gasteiger partial charge in [0.1, 0.15) is 0 Å². The summed E-state index contributed by atoms with van der Waals surface area (Å²) in [4.78, 5) is 12.1. The molecule has 0 spiro atoms. The smallest absolute Gasteiger partial charge is 0.252 e. The van der Waals surface area contributed by atoms with Gasteiger partial charge in [0, 0.05) is 15.5 Å². The molecule has 4 heteroatoms. The van der Waals surface area contributed by atoms with E-state index in [2.05, 4.69) is 37.2 Å². The SMILES string of the molecule is Cc1ccc(Br)c(C(=O)NCc2cccc(Br)c2)c1. The van der Waals surface area contributed by atoms with Crippen LogP contribution in [0.1, 0.15) is 21.5 Å². The van der Waals surface area contributed by atoms with Crippen molar-refractivity contribution in [1.29, 1.82) is 0 Å². The van der Waals surface area contributed by atoms with E-state index in [9.17, 15) is 4.79 Å². The van der Waals surface area contributed by atoms with Crippen molar-refractivity contribution < 1.29 is 4.79 Å². The van der Waals surface area contributed by atoms with Crippen molar-refractivity contribution in [3.8, 4) is 0 Å². The lowest BCUT2D eigenvalue weighted by Crippen LogP contribution is -2.23. The summed E-state index contributed by atoms with van der Waals surface area (Å²) in [5, 5.41) is 2.92. The van der Waals surface area contributed by atoms with Gasteiger partial charge in [-0.3, -0.25) is 4.79 Å². The summed E-state index contributed by atoms with van der Waals surface area (Å²) in [5.74, 6) is -0.0736. The maximum Gasteiger partial charge on any atom is 0.252 e. The number of carbonyl (C=O) groups excluding carboxylic acids is 1. The Bertz CT molecular complexity index is 611. The molecule has 1 N–H and O–H groups in total. The molecular weight excluding hydrogens is 370 g/mol. The number of benzene rings is 2. The van der Waals surface area contributed by atoms with Crippen LogP contribution in [0.15, 0.2) is 51.4 Å². The molecule has 98 valence electrons. The van der Waals surface area contributed by atoms with Crippen molar-refractivity contribution in [2.75, 3.05) is 0 Å². The molecule has 1 amide bonds. The highest BCUT2D eigenvalue weighted by Gasteiger charge is 2.09. The molecule has 0 aliphatic carbocycles. The largest absolute Gasteiger partial charge is 0.348 e. The average Bonchev–Trinajstić information content (AvgIpc) is 2.39. The highest BCUT2D eigenvalue weighted by atomic mass is 79.9. The van der Waals surface area contributed by atoms with E-state index < -0.39 is 0 Å². The van der Waals surface area contributed by atoms with Gasteiger partial charge in [0.25, 0.3) is 5.91 Å². The second-order valence-corrected chi connectivity index (χ2v) is 6.07. The lowest BCUT2D eigenvalue weighted by atomic mass is 10.1. The third kappa shape index (κ3) is 3.91. The molecule has 0 aliphatic rings. The Balaban J connectivity index is 2.07. The van der Waals surface area contributed by atoms with Crippen LogP contribution in [0.4, 0.5) is 0 Å². The molecule has 0 heterocycles. The molecule has 0 aliphatic heterocycles. The Hall–Kier alpha value is -1.13. The molecular formula is C15H13Br2NO. The van der Waals surface area contributed by atoms with Crippen LogP contribution in [-0.4, -0.2) is 5.91 Å². The Morgan fingerprint density at radius 2 is 1.95 bits per heavy atom. The van der Waals surface area contributed by atoms with Crippen molar-refractivity contribution in [2.45, 2.75) is 13.5 Å². The molecule has 0 atom stereocenters. The van der Waals surface area contributed by atoms with Crippen LogP contribution in [0.3, 0.4) is 0 Å². The summed E-state index contributed by atoms with van der Waals surface area (Å²) in [7, 11) is 0. The molecule has 19 heavy (non-hydrogen) atoms. The van der Waals surface area contributed by atoms with Gasteiger partial charge in [0.15, 0.2) is 0 Å². The number of amides is 1. The van der Waals surface area contributed by atoms with E-state index in [1.54, 1.807) is 0 Å². The molecule has 2 nitrogen and oxygen atoms in total. The van der Waals surface area contributed by atoms with Crippen LogP contribution < -0.4 is 5.32 Å². The first-order valence-electron chi connectivity index (χ1n) is 5.85. The fourth-order valence-corrected chi connectivity index (χ4v) is 2.61. The fraction of sp³-hybridized carbons (Fsp3) is 0.133. The second kappa shape index (κ2) is 6.35. The van der Waals surface area contributed by atoms with E-state index >= 15 is 0 Å². The number of halogens is 2. The number of carbonyl (C=O) groups is 1. The average molecular weight is 383 g/mol. The monoisotopic (exact) mass is 381 g/mol. The highest BCUT2D eigenvalue weighted by Crippen LogP contribution is 2.18. The first kappa shape index (κ1) is 14.3. The number of rotatable bonds is 3. The van der Waals surface area contributed by atoms with Crippen LogP contribution in [0, 0.1) is 6.92 Å². The van der Waals surface area contributed by atoms with Gasteiger partial charge in [0.05, 0.1) is 5.56 Å². The van der Waals surface area contributed by atoms with Crippen molar-refractivity contribution >= 4 is 37.8 Å². The normalized spacial score (nSPS) is 10.3. The zero-order chi connectivity index (χ0) is 13.8. The van der Waals surface area contributed by atoms with E-state index in [1.165, 1.54) is 0 Å². The van der Waals surface area contributed by atoms with Crippen LogP contribution in [0.5, 0.6) is 0 Å². The lowest BCUT2D eigenvalue weighted by Gasteiger charge is -2.08. The predicted molar refractivity (Wildman–Crippen MR) is 84.2 cm³/mol. The molecule has 2 rings (SSSR count). The molecule has 2 aromatic carbocycles. The Labute approximate surface area is 129 Å². The predicted octanol–water partition coefficient (Wildman–Crippen LogP) is 4.45.